The highest BCUT2D eigenvalue weighted by Crippen LogP contribution is 2.18. The van der Waals surface area contributed by atoms with Crippen molar-refractivity contribution in [1.29, 1.82) is 0 Å². The summed E-state index contributed by atoms with van der Waals surface area (Å²) in [4.78, 5) is 39.8. The number of carbonyl (C=O) groups is 3. The molecule has 31 heavy (non-hydrogen) atoms. The minimum atomic E-state index is -4.23. The van der Waals surface area contributed by atoms with Gasteiger partial charge in [0, 0.05) is 17.8 Å². The summed E-state index contributed by atoms with van der Waals surface area (Å²) in [6.45, 7) is 0. The van der Waals surface area contributed by atoms with Gasteiger partial charge in [-0.1, -0.05) is 25.3 Å². The van der Waals surface area contributed by atoms with Gasteiger partial charge in [-0.25, -0.2) is 22.9 Å². The van der Waals surface area contributed by atoms with Gasteiger partial charge in [0.2, 0.25) is 0 Å². The maximum Gasteiger partial charge on any atom is 0.356 e. The van der Waals surface area contributed by atoms with Crippen molar-refractivity contribution in [2.75, 3.05) is 7.11 Å². The first kappa shape index (κ1) is 22.4. The molecule has 2 N–H and O–H groups in total. The number of rotatable bonds is 6. The summed E-state index contributed by atoms with van der Waals surface area (Å²) >= 11 is 0. The molecule has 0 atom stereocenters. The number of amides is 2. The minimum absolute atomic E-state index is 0.0152. The molecule has 1 aliphatic rings. The maximum absolute atomic E-state index is 12.6. The van der Waals surface area contributed by atoms with Gasteiger partial charge in [-0.15, -0.1) is 0 Å². The highest BCUT2D eigenvalue weighted by molar-refractivity contribution is 7.90. The average Bonchev–Trinajstić information content (AvgIpc) is 2.79. The van der Waals surface area contributed by atoms with Crippen LogP contribution in [0.5, 0.6) is 0 Å². The number of aromatic nitrogens is 1. The fourth-order valence-electron chi connectivity index (χ4n) is 3.31. The lowest BCUT2D eigenvalue weighted by molar-refractivity contribution is 0.0593. The van der Waals surface area contributed by atoms with Crippen LogP contribution in [0.3, 0.4) is 0 Å². The van der Waals surface area contributed by atoms with Crippen LogP contribution in [0.4, 0.5) is 0 Å². The summed E-state index contributed by atoms with van der Waals surface area (Å²) in [6, 6.07) is 8.09. The molecule has 0 saturated heterocycles. The van der Waals surface area contributed by atoms with Crippen LogP contribution < -0.4 is 10.0 Å². The van der Waals surface area contributed by atoms with Crippen LogP contribution in [-0.2, 0) is 14.8 Å². The number of hydrogen-bond donors (Lipinski definition) is 2. The average molecular weight is 445 g/mol. The fourth-order valence-corrected chi connectivity index (χ4v) is 4.33. The van der Waals surface area contributed by atoms with Gasteiger partial charge < -0.3 is 10.1 Å². The summed E-state index contributed by atoms with van der Waals surface area (Å²) in [7, 11) is -3.03. The molecular weight excluding hydrogens is 422 g/mol. The molecule has 1 aromatic heterocycles. The van der Waals surface area contributed by atoms with Gasteiger partial charge in [-0.05, 0) is 43.2 Å². The van der Waals surface area contributed by atoms with Gasteiger partial charge in [0.05, 0.1) is 17.6 Å². The number of sulfonamides is 1. The van der Waals surface area contributed by atoms with E-state index in [1.165, 1.54) is 43.5 Å². The molecule has 0 unspecified atom stereocenters. The number of carbonyl (C=O) groups excluding carboxylic acids is 3. The van der Waals surface area contributed by atoms with E-state index in [1.54, 1.807) is 0 Å². The zero-order chi connectivity index (χ0) is 22.4. The van der Waals surface area contributed by atoms with Crippen LogP contribution in [0, 0.1) is 0 Å². The second-order valence-electron chi connectivity index (χ2n) is 7.19. The molecule has 3 rings (SSSR count). The van der Waals surface area contributed by atoms with Crippen molar-refractivity contribution < 1.29 is 27.5 Å². The van der Waals surface area contributed by atoms with Gasteiger partial charge in [-0.3, -0.25) is 9.59 Å². The third kappa shape index (κ3) is 5.66. The number of nitrogens with zero attached hydrogens (tertiary/aromatic N) is 1. The number of ether oxygens (including phenoxy) is 1. The highest BCUT2D eigenvalue weighted by atomic mass is 32.2. The minimum Gasteiger partial charge on any atom is -0.464 e. The van der Waals surface area contributed by atoms with E-state index in [0.717, 1.165) is 38.3 Å². The first-order valence-electron chi connectivity index (χ1n) is 9.82. The second-order valence-corrected chi connectivity index (χ2v) is 8.88. The lowest BCUT2D eigenvalue weighted by atomic mass is 9.95. The molecule has 0 spiro atoms. The zero-order valence-electron chi connectivity index (χ0n) is 17.0. The maximum atomic E-state index is 12.6. The van der Waals surface area contributed by atoms with Crippen molar-refractivity contribution >= 4 is 27.8 Å². The molecule has 1 fully saturated rings. The van der Waals surface area contributed by atoms with E-state index in [0.29, 0.717) is 0 Å². The molecule has 2 amide bonds. The Kier molecular flexibility index (Phi) is 7.01. The SMILES string of the molecule is COC(=O)c1ccc(C(=O)NS(=O)(=O)c2cccc(C(=O)NC3CCCCC3)c2)cn1. The molecule has 164 valence electrons. The van der Waals surface area contributed by atoms with E-state index in [-0.39, 0.29) is 33.7 Å². The van der Waals surface area contributed by atoms with Crippen LogP contribution >= 0.6 is 0 Å². The smallest absolute Gasteiger partial charge is 0.356 e. The Morgan fingerprint density at radius 2 is 1.74 bits per heavy atom. The number of pyridine rings is 1. The molecule has 9 nitrogen and oxygen atoms in total. The van der Waals surface area contributed by atoms with Crippen molar-refractivity contribution in [3.05, 3.63) is 59.4 Å². The van der Waals surface area contributed by atoms with Crippen molar-refractivity contribution in [2.45, 2.75) is 43.0 Å². The van der Waals surface area contributed by atoms with Crippen LogP contribution in [0.25, 0.3) is 0 Å². The topological polar surface area (TPSA) is 132 Å². The Morgan fingerprint density at radius 1 is 1.00 bits per heavy atom. The molecule has 1 aliphatic carbocycles. The largest absolute Gasteiger partial charge is 0.464 e. The third-order valence-corrected chi connectivity index (χ3v) is 6.32. The summed E-state index contributed by atoms with van der Waals surface area (Å²) in [6.07, 6.45) is 6.15. The van der Waals surface area contributed by atoms with E-state index in [2.05, 4.69) is 15.0 Å². The van der Waals surface area contributed by atoms with E-state index in [9.17, 15) is 22.8 Å². The third-order valence-electron chi connectivity index (χ3n) is 4.99. The molecule has 2 aromatic rings. The quantitative estimate of drug-likeness (QED) is 0.651. The number of methoxy groups -OCH3 is 1. The molecule has 0 radical (unpaired) electrons. The number of benzene rings is 1. The number of nitrogens with one attached hydrogen (secondary N) is 2. The lowest BCUT2D eigenvalue weighted by Crippen LogP contribution is -2.36. The van der Waals surface area contributed by atoms with Crippen LogP contribution in [-0.4, -0.2) is 44.3 Å². The van der Waals surface area contributed by atoms with Crippen molar-refractivity contribution in [3.8, 4) is 0 Å². The summed E-state index contributed by atoms with van der Waals surface area (Å²) in [5.41, 5.74) is 0.131. The molecule has 1 heterocycles. The first-order valence-corrected chi connectivity index (χ1v) is 11.3. The van der Waals surface area contributed by atoms with Gasteiger partial charge in [-0.2, -0.15) is 0 Å². The monoisotopic (exact) mass is 445 g/mol. The standard InChI is InChI=1S/C21H23N3O6S/c1-30-21(27)18-11-10-15(13-22-18)20(26)24-31(28,29)17-9-5-6-14(12-17)19(25)23-16-7-3-2-4-8-16/h5-6,9-13,16H,2-4,7-8H2,1H3,(H,23,25)(H,24,26). The summed E-state index contributed by atoms with van der Waals surface area (Å²) in [5, 5.41) is 2.93. The van der Waals surface area contributed by atoms with Crippen molar-refractivity contribution in [2.24, 2.45) is 0 Å². The van der Waals surface area contributed by atoms with Crippen molar-refractivity contribution in [1.82, 2.24) is 15.0 Å². The first-order chi connectivity index (χ1) is 14.8. The predicted molar refractivity (Wildman–Crippen MR) is 111 cm³/mol. The van der Waals surface area contributed by atoms with Gasteiger partial charge >= 0.3 is 5.97 Å². The van der Waals surface area contributed by atoms with Crippen LogP contribution in [0.2, 0.25) is 0 Å². The summed E-state index contributed by atoms with van der Waals surface area (Å²) in [5.74, 6) is -1.94. The molecule has 0 aliphatic heterocycles. The van der Waals surface area contributed by atoms with Gasteiger partial charge in [0.25, 0.3) is 21.8 Å². The van der Waals surface area contributed by atoms with Crippen LogP contribution in [0.15, 0.2) is 47.5 Å². The zero-order valence-corrected chi connectivity index (χ0v) is 17.8. The molecular formula is C21H23N3O6S. The predicted octanol–water partition coefficient (Wildman–Crippen LogP) is 2.05. The van der Waals surface area contributed by atoms with Gasteiger partial charge in [0.1, 0.15) is 5.69 Å². The van der Waals surface area contributed by atoms with Gasteiger partial charge in [0.15, 0.2) is 0 Å². The number of hydrogen-bond acceptors (Lipinski definition) is 7. The van der Waals surface area contributed by atoms with E-state index < -0.39 is 21.9 Å². The summed E-state index contributed by atoms with van der Waals surface area (Å²) < 4.78 is 31.8. The van der Waals surface area contributed by atoms with E-state index in [4.69, 9.17) is 0 Å². The molecule has 1 aromatic carbocycles. The van der Waals surface area contributed by atoms with E-state index in [1.807, 2.05) is 4.72 Å². The second kappa shape index (κ2) is 9.69. The number of esters is 1. The molecule has 1 saturated carbocycles. The normalized spacial score (nSPS) is 14.5. The Bertz CT molecular complexity index is 1080. The van der Waals surface area contributed by atoms with Crippen molar-refractivity contribution in [3.63, 3.8) is 0 Å². The van der Waals surface area contributed by atoms with E-state index >= 15 is 0 Å². The Hall–Kier alpha value is -3.27. The Labute approximate surface area is 180 Å². The Balaban J connectivity index is 1.71. The molecule has 0 bridgehead atoms. The van der Waals surface area contributed by atoms with Crippen LogP contribution in [0.1, 0.15) is 63.3 Å². The lowest BCUT2D eigenvalue weighted by Gasteiger charge is -2.22. The fraction of sp³-hybridized carbons (Fsp3) is 0.333. The Morgan fingerprint density at radius 3 is 2.39 bits per heavy atom. The highest BCUT2D eigenvalue weighted by Gasteiger charge is 2.22. The molecule has 10 heteroatoms.